The number of nitrogens with one attached hydrogen (secondary N) is 1. The number of hydrogen-bond donors (Lipinski definition) is 1. The highest BCUT2D eigenvalue weighted by atomic mass is 32.2. The molecule has 0 saturated carbocycles. The number of hydrogen-bond acceptors (Lipinski definition) is 8. The lowest BCUT2D eigenvalue weighted by atomic mass is 10.2. The molecule has 0 radical (unpaired) electrons. The minimum absolute atomic E-state index is 0.00948. The number of benzene rings is 1. The lowest BCUT2D eigenvalue weighted by molar-refractivity contribution is -0.147. The standard InChI is InChI=1S/C21H26F2N4O5S2/c1-13(16-11-30-21(2,3)32-16)31-18-10-17(26-34(28,29)27-8-5-9-27)24-20(25-18)33-12-14-6-4-7-15(22)19(14)23/h4,6-7,10,13,16H,5,8-9,11-12H2,1-3H3,(H,24,25,26)/t13?,16-/m0/s1. The van der Waals surface area contributed by atoms with Gasteiger partial charge in [-0.3, -0.25) is 4.72 Å². The van der Waals surface area contributed by atoms with E-state index in [2.05, 4.69) is 14.7 Å². The molecule has 4 rings (SSSR count). The minimum atomic E-state index is -3.78. The SMILES string of the molecule is CC(Oc1cc(NS(=O)(=O)N2CCC2)nc(SCc2cccc(F)c2F)n1)[C@@H]1COC(C)(C)O1. The second-order valence-corrected chi connectivity index (χ2v) is 11.0. The molecular formula is C21H26F2N4O5S2. The fourth-order valence-corrected chi connectivity index (χ4v) is 5.38. The maximum atomic E-state index is 14.1. The summed E-state index contributed by atoms with van der Waals surface area (Å²) >= 11 is 1.02. The fourth-order valence-electron chi connectivity index (χ4n) is 3.32. The molecule has 0 aliphatic carbocycles. The van der Waals surface area contributed by atoms with Gasteiger partial charge < -0.3 is 14.2 Å². The highest BCUT2D eigenvalue weighted by molar-refractivity contribution is 7.98. The first kappa shape index (κ1) is 25.0. The van der Waals surface area contributed by atoms with Gasteiger partial charge in [-0.2, -0.15) is 17.7 Å². The molecule has 186 valence electrons. The van der Waals surface area contributed by atoms with Crippen LogP contribution < -0.4 is 9.46 Å². The van der Waals surface area contributed by atoms with Crippen LogP contribution in [0.25, 0.3) is 0 Å². The van der Waals surface area contributed by atoms with Crippen molar-refractivity contribution in [2.45, 2.75) is 56.1 Å². The van der Waals surface area contributed by atoms with Crippen LogP contribution in [-0.4, -0.2) is 60.4 Å². The molecule has 1 aromatic carbocycles. The van der Waals surface area contributed by atoms with Gasteiger partial charge in [-0.25, -0.2) is 13.8 Å². The summed E-state index contributed by atoms with van der Waals surface area (Å²) in [5, 5.41) is 0.138. The van der Waals surface area contributed by atoms with Crippen molar-refractivity contribution in [3.05, 3.63) is 41.5 Å². The van der Waals surface area contributed by atoms with Crippen molar-refractivity contribution in [3.8, 4) is 5.88 Å². The van der Waals surface area contributed by atoms with Gasteiger partial charge in [-0.15, -0.1) is 0 Å². The average molecular weight is 517 g/mol. The average Bonchev–Trinajstić information content (AvgIpc) is 3.07. The summed E-state index contributed by atoms with van der Waals surface area (Å²) in [6.07, 6.45) is -0.0323. The number of ether oxygens (including phenoxy) is 3. The summed E-state index contributed by atoms with van der Waals surface area (Å²) in [6.45, 7) is 6.57. The Morgan fingerprint density at radius 1 is 1.32 bits per heavy atom. The third-order valence-electron chi connectivity index (χ3n) is 5.32. The molecule has 1 unspecified atom stereocenters. The van der Waals surface area contributed by atoms with Crippen LogP contribution in [0.4, 0.5) is 14.6 Å². The number of rotatable bonds is 9. The molecule has 2 aromatic rings. The van der Waals surface area contributed by atoms with Crippen molar-refractivity contribution in [3.63, 3.8) is 0 Å². The van der Waals surface area contributed by atoms with Crippen LogP contribution in [0.1, 0.15) is 32.8 Å². The molecule has 9 nitrogen and oxygen atoms in total. The summed E-state index contributed by atoms with van der Waals surface area (Å²) in [4.78, 5) is 8.56. The molecule has 1 N–H and O–H groups in total. The molecule has 0 spiro atoms. The van der Waals surface area contributed by atoms with Crippen LogP contribution in [0, 0.1) is 11.6 Å². The largest absolute Gasteiger partial charge is 0.472 e. The van der Waals surface area contributed by atoms with E-state index in [0.29, 0.717) is 19.7 Å². The van der Waals surface area contributed by atoms with Crippen molar-refractivity contribution < 1.29 is 31.4 Å². The Kier molecular flexibility index (Phi) is 7.29. The third-order valence-corrected chi connectivity index (χ3v) is 7.73. The zero-order valence-corrected chi connectivity index (χ0v) is 20.6. The van der Waals surface area contributed by atoms with Gasteiger partial charge in [0.15, 0.2) is 22.6 Å². The molecule has 2 fully saturated rings. The maximum absolute atomic E-state index is 14.1. The predicted octanol–water partition coefficient (Wildman–Crippen LogP) is 3.33. The van der Waals surface area contributed by atoms with E-state index in [1.807, 2.05) is 0 Å². The van der Waals surface area contributed by atoms with Gasteiger partial charge in [0, 0.05) is 30.5 Å². The van der Waals surface area contributed by atoms with E-state index in [1.54, 1.807) is 20.8 Å². The van der Waals surface area contributed by atoms with Gasteiger partial charge in [-0.05, 0) is 33.3 Å². The first-order valence-corrected chi connectivity index (χ1v) is 13.2. The van der Waals surface area contributed by atoms with Crippen LogP contribution >= 0.6 is 11.8 Å². The van der Waals surface area contributed by atoms with Crippen LogP contribution in [0.5, 0.6) is 5.88 Å². The van der Waals surface area contributed by atoms with Gasteiger partial charge in [0.1, 0.15) is 18.0 Å². The number of anilines is 1. The molecule has 3 heterocycles. The van der Waals surface area contributed by atoms with E-state index in [0.717, 1.165) is 24.2 Å². The van der Waals surface area contributed by atoms with Gasteiger partial charge in [0.2, 0.25) is 5.88 Å². The van der Waals surface area contributed by atoms with Gasteiger partial charge in [0.05, 0.1) is 6.61 Å². The molecule has 34 heavy (non-hydrogen) atoms. The summed E-state index contributed by atoms with van der Waals surface area (Å²) in [6, 6.07) is 5.28. The molecule has 1 aromatic heterocycles. The van der Waals surface area contributed by atoms with Crippen molar-refractivity contribution in [2.24, 2.45) is 0 Å². The Morgan fingerprint density at radius 3 is 2.74 bits per heavy atom. The summed E-state index contributed by atoms with van der Waals surface area (Å²) in [5.74, 6) is -2.48. The van der Waals surface area contributed by atoms with E-state index in [-0.39, 0.29) is 34.3 Å². The maximum Gasteiger partial charge on any atom is 0.302 e. The number of nitrogens with zero attached hydrogens (tertiary/aromatic N) is 3. The minimum Gasteiger partial charge on any atom is -0.472 e. The van der Waals surface area contributed by atoms with Crippen LogP contribution in [0.2, 0.25) is 0 Å². The molecule has 0 bridgehead atoms. The predicted molar refractivity (Wildman–Crippen MR) is 122 cm³/mol. The Morgan fingerprint density at radius 2 is 2.09 bits per heavy atom. The first-order valence-electron chi connectivity index (χ1n) is 10.7. The number of thioether (sulfide) groups is 1. The molecule has 13 heteroatoms. The highest BCUT2D eigenvalue weighted by Crippen LogP contribution is 2.29. The zero-order valence-electron chi connectivity index (χ0n) is 19.0. The Labute approximate surface area is 201 Å². The quantitative estimate of drug-likeness (QED) is 0.400. The van der Waals surface area contributed by atoms with E-state index in [4.69, 9.17) is 14.2 Å². The molecular weight excluding hydrogens is 490 g/mol. The van der Waals surface area contributed by atoms with E-state index in [9.17, 15) is 17.2 Å². The second kappa shape index (κ2) is 9.90. The number of halogens is 2. The molecule has 2 saturated heterocycles. The molecule has 2 aliphatic heterocycles. The van der Waals surface area contributed by atoms with Crippen molar-refractivity contribution >= 4 is 27.8 Å². The van der Waals surface area contributed by atoms with Crippen molar-refractivity contribution in [1.29, 1.82) is 0 Å². The fraction of sp³-hybridized carbons (Fsp3) is 0.524. The Hall–Kier alpha value is -2.06. The lowest BCUT2D eigenvalue weighted by Gasteiger charge is -2.29. The highest BCUT2D eigenvalue weighted by Gasteiger charge is 2.37. The second-order valence-electron chi connectivity index (χ2n) is 8.43. The van der Waals surface area contributed by atoms with Gasteiger partial charge in [-0.1, -0.05) is 23.9 Å². The van der Waals surface area contributed by atoms with Crippen molar-refractivity contribution in [2.75, 3.05) is 24.4 Å². The van der Waals surface area contributed by atoms with Crippen LogP contribution in [0.3, 0.4) is 0 Å². The van der Waals surface area contributed by atoms with Gasteiger partial charge >= 0.3 is 10.2 Å². The summed E-state index contributed by atoms with van der Waals surface area (Å²) in [5.41, 5.74) is 0.134. The van der Waals surface area contributed by atoms with Gasteiger partial charge in [0.25, 0.3) is 0 Å². The monoisotopic (exact) mass is 516 g/mol. The Bertz CT molecular complexity index is 1150. The van der Waals surface area contributed by atoms with Crippen LogP contribution in [0.15, 0.2) is 29.4 Å². The normalized spacial score (nSPS) is 21.1. The first-order chi connectivity index (χ1) is 16.0. The number of aromatic nitrogens is 2. The molecule has 0 amide bonds. The molecule has 2 atom stereocenters. The Balaban J connectivity index is 1.54. The topological polar surface area (TPSA) is 103 Å². The lowest BCUT2D eigenvalue weighted by Crippen LogP contribution is -2.45. The van der Waals surface area contributed by atoms with E-state index < -0.39 is 33.7 Å². The van der Waals surface area contributed by atoms with E-state index in [1.165, 1.54) is 22.5 Å². The summed E-state index contributed by atoms with van der Waals surface area (Å²) in [7, 11) is -3.78. The third kappa shape index (κ3) is 5.95. The van der Waals surface area contributed by atoms with E-state index >= 15 is 0 Å². The smallest absolute Gasteiger partial charge is 0.302 e. The summed E-state index contributed by atoms with van der Waals surface area (Å²) < 4.78 is 73.7. The van der Waals surface area contributed by atoms with Crippen LogP contribution in [-0.2, 0) is 25.4 Å². The zero-order chi connectivity index (χ0) is 24.5. The van der Waals surface area contributed by atoms with Crippen molar-refractivity contribution in [1.82, 2.24) is 14.3 Å². The molecule has 2 aliphatic rings.